The van der Waals surface area contributed by atoms with Gasteiger partial charge >= 0.3 is 17.1 Å². The van der Waals surface area contributed by atoms with Gasteiger partial charge in [-0.2, -0.15) is 0 Å². The number of benzene rings is 1. The third-order valence-electron chi connectivity index (χ3n) is 1.78. The zero-order chi connectivity index (χ0) is 13.3. The smallest absolute Gasteiger partial charge is 0.366 e. The summed E-state index contributed by atoms with van der Waals surface area (Å²) >= 11 is 0. The Hall–Kier alpha value is -1.22. The molecular weight excluding hydrogens is 688 g/mol. The first-order valence-electron chi connectivity index (χ1n) is 3.79. The third kappa shape index (κ3) is 5.58. The van der Waals surface area contributed by atoms with Gasteiger partial charge in [-0.1, -0.05) is 0 Å². The normalized spacial score (nSPS) is 8.00. The van der Waals surface area contributed by atoms with Crippen molar-refractivity contribution in [2.45, 2.75) is 0 Å². The summed E-state index contributed by atoms with van der Waals surface area (Å²) in [7, 11) is 0. The van der Waals surface area contributed by atoms with Crippen LogP contribution < -0.4 is 0 Å². The van der Waals surface area contributed by atoms with Crippen LogP contribution in [0.15, 0.2) is 6.07 Å². The average Bonchev–Trinajstić information content (AvgIpc) is 2.15. The van der Waals surface area contributed by atoms with Gasteiger partial charge in [0.2, 0.25) is 0 Å². The summed E-state index contributed by atoms with van der Waals surface area (Å²) in [5.41, 5.74) is -3.95. The largest absolute Gasteiger partial charge is 0.497 e. The molecule has 0 unspecified atom stereocenters. The molecule has 0 amide bonds. The SMILES string of the molecule is O.O.O=[N+]([O-])c1cc([N+](=O)[O-])c(O)c([N+](=O)[O-])c1O.[Pb].[Pb]. The Bertz CT molecular complexity index is 512. The van der Waals surface area contributed by atoms with Crippen LogP contribution in [0.1, 0.15) is 0 Å². The zero-order valence-corrected chi connectivity index (χ0v) is 17.5. The summed E-state index contributed by atoms with van der Waals surface area (Å²) < 4.78 is 0. The Morgan fingerprint density at radius 2 is 1.05 bits per heavy atom. The maximum Gasteiger partial charge on any atom is 0.366 e. The Morgan fingerprint density at radius 3 is 1.24 bits per heavy atom. The number of rotatable bonds is 3. The minimum Gasteiger partial charge on any atom is -0.497 e. The van der Waals surface area contributed by atoms with Crippen LogP contribution in [0.3, 0.4) is 0 Å². The number of nitro benzene ring substituents is 3. The Kier molecular flexibility index (Phi) is 14.0. The van der Waals surface area contributed by atoms with Crippen LogP contribution in [0.4, 0.5) is 17.1 Å². The van der Waals surface area contributed by atoms with Crippen LogP contribution in [-0.2, 0) is 0 Å². The summed E-state index contributed by atoms with van der Waals surface area (Å²) in [4.78, 5) is 27.4. The maximum atomic E-state index is 10.4. The van der Waals surface area contributed by atoms with E-state index in [9.17, 15) is 30.3 Å². The number of phenols is 2. The Morgan fingerprint density at radius 1 is 0.762 bits per heavy atom. The van der Waals surface area contributed by atoms with Crippen molar-refractivity contribution in [3.05, 3.63) is 36.4 Å². The molecule has 114 valence electrons. The molecule has 0 fully saturated rings. The van der Waals surface area contributed by atoms with E-state index in [0.29, 0.717) is 0 Å². The molecule has 0 saturated heterocycles. The predicted octanol–water partition coefficient (Wildman–Crippen LogP) is -1.59. The first-order valence-corrected chi connectivity index (χ1v) is 3.79. The second-order valence-corrected chi connectivity index (χ2v) is 2.73. The van der Waals surface area contributed by atoms with Crippen LogP contribution in [0.2, 0.25) is 0 Å². The minimum absolute atomic E-state index is 0. The first kappa shape index (κ1) is 28.0. The van der Waals surface area contributed by atoms with Crippen molar-refractivity contribution in [2.75, 3.05) is 0 Å². The standard InChI is InChI=1S/C6H3N3O8.2H2O.2Pb/c10-5-2(7(12)13)1-3(8(14)15)6(11)4(5)9(16)17;;;;/h1,10-11H;2*1H2;;. The number of nitrogens with zero attached hydrogens (tertiary/aromatic N) is 3. The van der Waals surface area contributed by atoms with Crippen LogP contribution in [0.5, 0.6) is 11.5 Å². The number of nitro groups is 3. The fraction of sp³-hybridized carbons (Fsp3) is 0. The van der Waals surface area contributed by atoms with Gasteiger partial charge in [0, 0.05) is 54.6 Å². The van der Waals surface area contributed by atoms with Crippen LogP contribution >= 0.6 is 0 Å². The molecule has 0 bridgehead atoms. The summed E-state index contributed by atoms with van der Waals surface area (Å²) in [5.74, 6) is -2.88. The van der Waals surface area contributed by atoms with Crippen molar-refractivity contribution in [1.29, 1.82) is 0 Å². The maximum absolute atomic E-state index is 10.4. The van der Waals surface area contributed by atoms with Crippen molar-refractivity contribution >= 4 is 71.7 Å². The van der Waals surface area contributed by atoms with Crippen LogP contribution in [-0.4, -0.2) is 90.5 Å². The van der Waals surface area contributed by atoms with Crippen molar-refractivity contribution in [3.8, 4) is 11.5 Å². The van der Waals surface area contributed by atoms with Crippen molar-refractivity contribution in [3.63, 3.8) is 0 Å². The summed E-state index contributed by atoms with van der Waals surface area (Å²) in [6.07, 6.45) is 0. The van der Waals surface area contributed by atoms with E-state index in [-0.39, 0.29) is 71.6 Å². The van der Waals surface area contributed by atoms with E-state index in [4.69, 9.17) is 10.2 Å². The Balaban J connectivity index is -0.000000361. The van der Waals surface area contributed by atoms with E-state index < -0.39 is 43.3 Å². The number of aromatic hydroxyl groups is 2. The molecule has 8 radical (unpaired) electrons. The van der Waals surface area contributed by atoms with Gasteiger partial charge in [0.25, 0.3) is 11.5 Å². The van der Waals surface area contributed by atoms with Crippen LogP contribution in [0, 0.1) is 30.3 Å². The van der Waals surface area contributed by atoms with E-state index in [2.05, 4.69) is 0 Å². The van der Waals surface area contributed by atoms with Gasteiger partial charge in [0.1, 0.15) is 6.07 Å². The molecular formula is C6H7N3O10Pb2. The molecule has 0 aliphatic carbocycles. The van der Waals surface area contributed by atoms with Crippen molar-refractivity contribution < 1.29 is 35.9 Å². The Labute approximate surface area is 155 Å². The fourth-order valence-corrected chi connectivity index (χ4v) is 1.07. The molecule has 0 spiro atoms. The first-order chi connectivity index (χ1) is 7.77. The van der Waals surface area contributed by atoms with E-state index in [1.807, 2.05) is 0 Å². The van der Waals surface area contributed by atoms with Gasteiger partial charge in [-0.05, 0) is 0 Å². The topological polar surface area (TPSA) is 233 Å². The number of hydrogen-bond donors (Lipinski definition) is 2. The molecule has 0 aliphatic heterocycles. The number of hydrogen-bond acceptors (Lipinski definition) is 8. The summed E-state index contributed by atoms with van der Waals surface area (Å²) in [6, 6.07) is 0.234. The van der Waals surface area contributed by atoms with Gasteiger partial charge in [0.15, 0.2) is 0 Å². The van der Waals surface area contributed by atoms with Gasteiger partial charge < -0.3 is 21.2 Å². The third-order valence-corrected chi connectivity index (χ3v) is 1.78. The van der Waals surface area contributed by atoms with Crippen molar-refractivity contribution in [2.24, 2.45) is 0 Å². The molecule has 0 atom stereocenters. The molecule has 0 aliphatic rings. The molecule has 6 N–H and O–H groups in total. The summed E-state index contributed by atoms with van der Waals surface area (Å²) in [6.45, 7) is 0. The molecule has 0 heterocycles. The molecule has 0 aromatic heterocycles. The molecule has 1 aromatic rings. The quantitative estimate of drug-likeness (QED) is 0.212. The second kappa shape index (κ2) is 10.5. The van der Waals surface area contributed by atoms with Gasteiger partial charge in [-0.25, -0.2) is 0 Å². The zero-order valence-electron chi connectivity index (χ0n) is 9.76. The molecule has 21 heavy (non-hydrogen) atoms. The van der Waals surface area contributed by atoms with E-state index in [1.165, 1.54) is 0 Å². The molecule has 1 aromatic carbocycles. The van der Waals surface area contributed by atoms with E-state index in [1.54, 1.807) is 0 Å². The predicted molar refractivity (Wildman–Crippen MR) is 68.5 cm³/mol. The summed E-state index contributed by atoms with van der Waals surface area (Å²) in [5, 5.41) is 49.5. The molecule has 0 saturated carbocycles. The molecule has 15 heteroatoms. The van der Waals surface area contributed by atoms with Gasteiger partial charge in [-0.15, -0.1) is 0 Å². The average molecular weight is 696 g/mol. The fourth-order valence-electron chi connectivity index (χ4n) is 1.07. The van der Waals surface area contributed by atoms with E-state index >= 15 is 0 Å². The van der Waals surface area contributed by atoms with Gasteiger partial charge in [-0.3, -0.25) is 30.3 Å². The van der Waals surface area contributed by atoms with Crippen LogP contribution in [0.25, 0.3) is 0 Å². The van der Waals surface area contributed by atoms with Gasteiger partial charge in [0.05, 0.1) is 14.8 Å². The molecule has 1 rings (SSSR count). The van der Waals surface area contributed by atoms with Crippen molar-refractivity contribution in [1.82, 2.24) is 0 Å². The second-order valence-electron chi connectivity index (χ2n) is 2.73. The number of phenolic OH excluding ortho intramolecular Hbond substituents is 2. The molecule has 13 nitrogen and oxygen atoms in total. The monoisotopic (exact) mass is 697 g/mol. The minimum atomic E-state index is -1.48. The van der Waals surface area contributed by atoms with E-state index in [0.717, 1.165) is 0 Å².